The van der Waals surface area contributed by atoms with Gasteiger partial charge in [-0.2, -0.15) is 0 Å². The molecule has 0 bridgehead atoms. The van der Waals surface area contributed by atoms with Crippen molar-refractivity contribution < 1.29 is 10.0 Å². The molecular formula is C16H23N3O2. The van der Waals surface area contributed by atoms with Gasteiger partial charge < -0.3 is 16.3 Å². The van der Waals surface area contributed by atoms with E-state index in [0.717, 1.165) is 6.54 Å². The van der Waals surface area contributed by atoms with Crippen molar-refractivity contribution in [1.29, 1.82) is 0 Å². The van der Waals surface area contributed by atoms with Gasteiger partial charge >= 0.3 is 0 Å². The van der Waals surface area contributed by atoms with Gasteiger partial charge in [-0.1, -0.05) is 43.5 Å². The molecule has 2 unspecified atom stereocenters. The van der Waals surface area contributed by atoms with Gasteiger partial charge in [0.05, 0.1) is 0 Å². The van der Waals surface area contributed by atoms with Crippen LogP contribution < -0.4 is 11.1 Å². The molecule has 1 aliphatic carbocycles. The first kappa shape index (κ1) is 15.4. The molecule has 21 heavy (non-hydrogen) atoms. The molecule has 2 rings (SSSR count). The van der Waals surface area contributed by atoms with E-state index in [1.807, 2.05) is 0 Å². The molecule has 0 spiro atoms. The Labute approximate surface area is 125 Å². The van der Waals surface area contributed by atoms with Crippen LogP contribution in [-0.4, -0.2) is 23.5 Å². The number of benzene rings is 1. The van der Waals surface area contributed by atoms with Crippen LogP contribution in [-0.2, 0) is 0 Å². The van der Waals surface area contributed by atoms with Crippen LogP contribution >= 0.6 is 0 Å². The average Bonchev–Trinajstić information content (AvgIpc) is 2.53. The molecule has 5 heteroatoms. The molecule has 114 valence electrons. The minimum absolute atomic E-state index is 0.0398. The van der Waals surface area contributed by atoms with Gasteiger partial charge in [-0.25, -0.2) is 0 Å². The maximum absolute atomic E-state index is 12.1. The van der Waals surface area contributed by atoms with E-state index in [1.165, 1.54) is 25.7 Å². The standard InChI is InChI=1S/C16H23N3O2/c1-11-4-2-3-5-14(11)10-18-16(20)13-8-6-12(7-9-13)15(17)19-21/h6-9,11,14,21H,2-5,10H2,1H3,(H2,17,19)(H,18,20). The third kappa shape index (κ3) is 3.97. The lowest BCUT2D eigenvalue weighted by atomic mass is 9.80. The Hall–Kier alpha value is -2.04. The Morgan fingerprint density at radius 3 is 2.52 bits per heavy atom. The van der Waals surface area contributed by atoms with Crippen molar-refractivity contribution in [1.82, 2.24) is 5.32 Å². The summed E-state index contributed by atoms with van der Waals surface area (Å²) in [5, 5.41) is 14.5. The largest absolute Gasteiger partial charge is 0.409 e. The Bertz CT molecular complexity index is 511. The van der Waals surface area contributed by atoms with Crippen molar-refractivity contribution in [3.05, 3.63) is 35.4 Å². The summed E-state index contributed by atoms with van der Waals surface area (Å²) in [5.74, 6) is 1.23. The maximum Gasteiger partial charge on any atom is 0.251 e. The van der Waals surface area contributed by atoms with Crippen LogP contribution in [0.2, 0.25) is 0 Å². The highest BCUT2D eigenvalue weighted by Gasteiger charge is 2.21. The highest BCUT2D eigenvalue weighted by molar-refractivity contribution is 5.99. The van der Waals surface area contributed by atoms with Crippen LogP contribution in [0.5, 0.6) is 0 Å². The quantitative estimate of drug-likeness (QED) is 0.344. The van der Waals surface area contributed by atoms with E-state index in [2.05, 4.69) is 17.4 Å². The summed E-state index contributed by atoms with van der Waals surface area (Å²) < 4.78 is 0. The Morgan fingerprint density at radius 1 is 1.29 bits per heavy atom. The molecule has 0 aliphatic heterocycles. The first-order chi connectivity index (χ1) is 10.1. The Balaban J connectivity index is 1.91. The average molecular weight is 289 g/mol. The van der Waals surface area contributed by atoms with Crippen LogP contribution in [0.3, 0.4) is 0 Å². The van der Waals surface area contributed by atoms with Gasteiger partial charge in [-0.05, 0) is 30.4 Å². The van der Waals surface area contributed by atoms with Gasteiger partial charge in [-0.3, -0.25) is 4.79 Å². The molecule has 0 radical (unpaired) electrons. The van der Waals surface area contributed by atoms with Gasteiger partial charge in [0, 0.05) is 17.7 Å². The molecule has 0 saturated heterocycles. The number of amidine groups is 1. The van der Waals surface area contributed by atoms with Crippen molar-refractivity contribution in [3.8, 4) is 0 Å². The maximum atomic E-state index is 12.1. The van der Waals surface area contributed by atoms with E-state index in [1.54, 1.807) is 24.3 Å². The number of nitrogens with two attached hydrogens (primary N) is 1. The first-order valence-corrected chi connectivity index (χ1v) is 7.48. The molecule has 1 aliphatic rings. The van der Waals surface area contributed by atoms with Crippen LogP contribution in [0.15, 0.2) is 29.4 Å². The van der Waals surface area contributed by atoms with Gasteiger partial charge in [0.25, 0.3) is 5.91 Å². The number of amides is 1. The zero-order valence-electron chi connectivity index (χ0n) is 12.4. The number of nitrogens with zero attached hydrogens (tertiary/aromatic N) is 1. The monoisotopic (exact) mass is 289 g/mol. The van der Waals surface area contributed by atoms with Gasteiger partial charge in [0.15, 0.2) is 5.84 Å². The van der Waals surface area contributed by atoms with Crippen molar-refractivity contribution in [3.63, 3.8) is 0 Å². The van der Waals surface area contributed by atoms with Gasteiger partial charge in [0.2, 0.25) is 0 Å². The summed E-state index contributed by atoms with van der Waals surface area (Å²) in [5.41, 5.74) is 6.67. The zero-order chi connectivity index (χ0) is 15.2. The molecule has 1 saturated carbocycles. The van der Waals surface area contributed by atoms with Crippen molar-refractivity contribution in [2.45, 2.75) is 32.6 Å². The predicted octanol–water partition coefficient (Wildman–Crippen LogP) is 2.34. The second-order valence-electron chi connectivity index (χ2n) is 5.79. The number of nitrogens with one attached hydrogen (secondary N) is 1. The summed E-state index contributed by atoms with van der Waals surface area (Å²) in [4.78, 5) is 12.1. The van der Waals surface area contributed by atoms with E-state index in [4.69, 9.17) is 10.9 Å². The second-order valence-corrected chi connectivity index (χ2v) is 5.79. The Kier molecular flexibility index (Phi) is 5.20. The minimum Gasteiger partial charge on any atom is -0.409 e. The summed E-state index contributed by atoms with van der Waals surface area (Å²) in [6, 6.07) is 6.72. The number of hydrogen-bond acceptors (Lipinski definition) is 3. The molecule has 1 fully saturated rings. The summed E-state index contributed by atoms with van der Waals surface area (Å²) in [6.07, 6.45) is 5.03. The predicted molar refractivity (Wildman–Crippen MR) is 82.4 cm³/mol. The van der Waals surface area contributed by atoms with Crippen molar-refractivity contribution in [2.24, 2.45) is 22.7 Å². The van der Waals surface area contributed by atoms with E-state index in [-0.39, 0.29) is 11.7 Å². The lowest BCUT2D eigenvalue weighted by molar-refractivity contribution is 0.0936. The normalized spacial score (nSPS) is 22.8. The van der Waals surface area contributed by atoms with E-state index < -0.39 is 0 Å². The summed E-state index contributed by atoms with van der Waals surface area (Å²) in [7, 11) is 0. The van der Waals surface area contributed by atoms with Crippen molar-refractivity contribution in [2.75, 3.05) is 6.54 Å². The molecule has 0 heterocycles. The van der Waals surface area contributed by atoms with E-state index in [9.17, 15) is 4.79 Å². The van der Waals surface area contributed by atoms with Gasteiger partial charge in [0.1, 0.15) is 0 Å². The number of hydrogen-bond donors (Lipinski definition) is 3. The molecular weight excluding hydrogens is 266 g/mol. The molecule has 5 nitrogen and oxygen atoms in total. The Morgan fingerprint density at radius 2 is 1.90 bits per heavy atom. The number of oxime groups is 1. The molecule has 1 aromatic carbocycles. The molecule has 4 N–H and O–H groups in total. The van der Waals surface area contributed by atoms with E-state index >= 15 is 0 Å². The number of carbonyl (C=O) groups excluding carboxylic acids is 1. The molecule has 2 atom stereocenters. The van der Waals surface area contributed by atoms with Crippen molar-refractivity contribution >= 4 is 11.7 Å². The fourth-order valence-electron chi connectivity index (χ4n) is 2.87. The SMILES string of the molecule is CC1CCCCC1CNC(=O)c1ccc(C(N)=NO)cc1. The molecule has 1 aromatic rings. The zero-order valence-corrected chi connectivity index (χ0v) is 12.4. The molecule has 0 aromatic heterocycles. The lowest BCUT2D eigenvalue weighted by Gasteiger charge is -2.28. The lowest BCUT2D eigenvalue weighted by Crippen LogP contribution is -2.33. The van der Waals surface area contributed by atoms with Gasteiger partial charge in [-0.15, -0.1) is 0 Å². The number of rotatable bonds is 4. The minimum atomic E-state index is -0.0705. The third-order valence-corrected chi connectivity index (χ3v) is 4.36. The first-order valence-electron chi connectivity index (χ1n) is 7.48. The van der Waals surface area contributed by atoms with Crippen LogP contribution in [0.1, 0.15) is 48.5 Å². The van der Waals surface area contributed by atoms with E-state index in [0.29, 0.717) is 23.0 Å². The fraction of sp³-hybridized carbons (Fsp3) is 0.500. The topological polar surface area (TPSA) is 87.7 Å². The van der Waals surface area contributed by atoms with Crippen LogP contribution in [0, 0.1) is 11.8 Å². The third-order valence-electron chi connectivity index (χ3n) is 4.36. The number of carbonyl (C=O) groups is 1. The molecule has 1 amide bonds. The highest BCUT2D eigenvalue weighted by Crippen LogP contribution is 2.28. The smallest absolute Gasteiger partial charge is 0.251 e. The van der Waals surface area contributed by atoms with Crippen LogP contribution in [0.4, 0.5) is 0 Å². The second kappa shape index (κ2) is 7.11. The highest BCUT2D eigenvalue weighted by atomic mass is 16.4. The summed E-state index contributed by atoms with van der Waals surface area (Å²) >= 11 is 0. The summed E-state index contributed by atoms with van der Waals surface area (Å²) in [6.45, 7) is 3.00. The fourth-order valence-corrected chi connectivity index (χ4v) is 2.87. The van der Waals surface area contributed by atoms with Crippen LogP contribution in [0.25, 0.3) is 0 Å².